The largest absolute Gasteiger partial charge is 0.481 e. The molecular formula is C11H15N3O. The molecule has 1 aromatic heterocycles. The Labute approximate surface area is 90.1 Å². The van der Waals surface area contributed by atoms with Gasteiger partial charge < -0.3 is 10.1 Å². The Kier molecular flexibility index (Phi) is 5.02. The molecule has 0 bridgehead atoms. The quantitative estimate of drug-likeness (QED) is 0.567. The van der Waals surface area contributed by atoms with E-state index in [1.807, 2.05) is 0 Å². The summed E-state index contributed by atoms with van der Waals surface area (Å²) in [6.45, 7) is 0.828. The minimum Gasteiger partial charge on any atom is -0.481 e. The molecule has 0 radical (unpaired) electrons. The lowest BCUT2D eigenvalue weighted by Crippen LogP contribution is -2.05. The number of hydrogen-bond acceptors (Lipinski definition) is 4. The summed E-state index contributed by atoms with van der Waals surface area (Å²) < 4.78 is 4.98. The minimum absolute atomic E-state index is 0.566. The van der Waals surface area contributed by atoms with E-state index >= 15 is 0 Å². The average molecular weight is 205 g/mol. The van der Waals surface area contributed by atoms with Gasteiger partial charge in [-0.15, -0.1) is 12.3 Å². The van der Waals surface area contributed by atoms with Gasteiger partial charge in [-0.1, -0.05) is 0 Å². The fourth-order valence-corrected chi connectivity index (χ4v) is 1.09. The van der Waals surface area contributed by atoms with Crippen molar-refractivity contribution in [2.24, 2.45) is 0 Å². The maximum atomic E-state index is 5.15. The molecule has 0 aromatic carbocycles. The molecule has 1 rings (SSSR count). The Morgan fingerprint density at radius 3 is 3.13 bits per heavy atom. The zero-order chi connectivity index (χ0) is 10.9. The molecule has 0 spiro atoms. The van der Waals surface area contributed by atoms with Gasteiger partial charge in [0.25, 0.3) is 0 Å². The number of nitrogens with one attached hydrogen (secondary N) is 1. The van der Waals surface area contributed by atoms with Crippen LogP contribution in [0.2, 0.25) is 0 Å². The van der Waals surface area contributed by atoms with Gasteiger partial charge >= 0.3 is 0 Å². The summed E-state index contributed by atoms with van der Waals surface area (Å²) in [5.41, 5.74) is 0. The van der Waals surface area contributed by atoms with E-state index in [0.29, 0.717) is 11.8 Å². The SMILES string of the molecule is C#CCCCCNc1nccc(OC)n1. The molecule has 0 saturated carbocycles. The van der Waals surface area contributed by atoms with E-state index < -0.39 is 0 Å². The topological polar surface area (TPSA) is 47.0 Å². The van der Waals surface area contributed by atoms with Crippen LogP contribution in [-0.2, 0) is 0 Å². The highest BCUT2D eigenvalue weighted by Crippen LogP contribution is 2.07. The third kappa shape index (κ3) is 4.32. The van der Waals surface area contributed by atoms with Crippen molar-refractivity contribution in [1.29, 1.82) is 0 Å². The zero-order valence-corrected chi connectivity index (χ0v) is 8.86. The van der Waals surface area contributed by atoms with Crippen molar-refractivity contribution in [2.75, 3.05) is 19.0 Å². The molecule has 0 saturated heterocycles. The van der Waals surface area contributed by atoms with Crippen molar-refractivity contribution in [3.8, 4) is 18.2 Å². The van der Waals surface area contributed by atoms with Crippen LogP contribution in [0.3, 0.4) is 0 Å². The summed E-state index contributed by atoms with van der Waals surface area (Å²) in [6, 6.07) is 1.71. The van der Waals surface area contributed by atoms with E-state index in [0.717, 1.165) is 25.8 Å². The number of methoxy groups -OCH3 is 1. The molecule has 0 aliphatic heterocycles. The second-order valence-corrected chi connectivity index (χ2v) is 3.01. The number of ether oxygens (including phenoxy) is 1. The van der Waals surface area contributed by atoms with Crippen LogP contribution in [0.15, 0.2) is 12.3 Å². The van der Waals surface area contributed by atoms with Crippen LogP contribution >= 0.6 is 0 Å². The Hall–Kier alpha value is -1.76. The van der Waals surface area contributed by atoms with Gasteiger partial charge in [-0.2, -0.15) is 4.98 Å². The Bertz CT molecular complexity index is 333. The fourth-order valence-electron chi connectivity index (χ4n) is 1.09. The van der Waals surface area contributed by atoms with Gasteiger partial charge in [0.05, 0.1) is 7.11 Å². The molecular weight excluding hydrogens is 190 g/mol. The van der Waals surface area contributed by atoms with Gasteiger partial charge in [0.2, 0.25) is 11.8 Å². The Morgan fingerprint density at radius 2 is 2.40 bits per heavy atom. The van der Waals surface area contributed by atoms with Gasteiger partial charge in [0.15, 0.2) is 0 Å². The monoisotopic (exact) mass is 205 g/mol. The highest BCUT2D eigenvalue weighted by atomic mass is 16.5. The number of nitrogens with zero attached hydrogens (tertiary/aromatic N) is 2. The molecule has 1 heterocycles. The molecule has 0 aliphatic rings. The first-order valence-electron chi connectivity index (χ1n) is 4.91. The first-order valence-corrected chi connectivity index (χ1v) is 4.91. The van der Waals surface area contributed by atoms with Crippen LogP contribution in [0.4, 0.5) is 5.95 Å². The van der Waals surface area contributed by atoms with Crippen molar-refractivity contribution in [2.45, 2.75) is 19.3 Å². The van der Waals surface area contributed by atoms with E-state index in [4.69, 9.17) is 11.2 Å². The number of hydrogen-bond donors (Lipinski definition) is 1. The highest BCUT2D eigenvalue weighted by Gasteiger charge is 1.97. The summed E-state index contributed by atoms with van der Waals surface area (Å²) in [7, 11) is 1.58. The van der Waals surface area contributed by atoms with Crippen LogP contribution in [0.25, 0.3) is 0 Å². The summed E-state index contributed by atoms with van der Waals surface area (Å²) in [5.74, 6) is 3.76. The number of rotatable bonds is 6. The van der Waals surface area contributed by atoms with Crippen molar-refractivity contribution in [1.82, 2.24) is 9.97 Å². The van der Waals surface area contributed by atoms with E-state index in [9.17, 15) is 0 Å². The van der Waals surface area contributed by atoms with Gasteiger partial charge in [-0.05, 0) is 12.8 Å². The van der Waals surface area contributed by atoms with E-state index in [2.05, 4.69) is 21.2 Å². The zero-order valence-electron chi connectivity index (χ0n) is 8.86. The Balaban J connectivity index is 2.28. The molecule has 4 nitrogen and oxygen atoms in total. The highest BCUT2D eigenvalue weighted by molar-refractivity contribution is 5.26. The number of aromatic nitrogens is 2. The molecule has 0 atom stereocenters. The first-order chi connectivity index (χ1) is 7.36. The summed E-state index contributed by atoms with van der Waals surface area (Å²) >= 11 is 0. The lowest BCUT2D eigenvalue weighted by Gasteiger charge is -2.04. The summed E-state index contributed by atoms with van der Waals surface area (Å²) in [5, 5.41) is 3.11. The molecule has 80 valence electrons. The van der Waals surface area contributed by atoms with Crippen molar-refractivity contribution >= 4 is 5.95 Å². The molecule has 1 aromatic rings. The maximum Gasteiger partial charge on any atom is 0.225 e. The average Bonchev–Trinajstić information content (AvgIpc) is 2.29. The third-order valence-electron chi connectivity index (χ3n) is 1.87. The van der Waals surface area contributed by atoms with Gasteiger partial charge in [0.1, 0.15) is 0 Å². The minimum atomic E-state index is 0.566. The van der Waals surface area contributed by atoms with Crippen LogP contribution in [0.5, 0.6) is 5.88 Å². The molecule has 0 aliphatic carbocycles. The van der Waals surface area contributed by atoms with Gasteiger partial charge in [0, 0.05) is 25.2 Å². The molecule has 4 heteroatoms. The van der Waals surface area contributed by atoms with Crippen molar-refractivity contribution < 1.29 is 4.74 Å². The number of terminal acetylenes is 1. The van der Waals surface area contributed by atoms with Crippen molar-refractivity contribution in [3.63, 3.8) is 0 Å². The predicted octanol–water partition coefficient (Wildman–Crippen LogP) is 1.70. The number of anilines is 1. The fraction of sp³-hybridized carbons (Fsp3) is 0.455. The molecule has 0 fully saturated rings. The van der Waals surface area contributed by atoms with Crippen molar-refractivity contribution in [3.05, 3.63) is 12.3 Å². The second kappa shape index (κ2) is 6.66. The number of unbranched alkanes of at least 4 members (excludes halogenated alkanes) is 2. The van der Waals surface area contributed by atoms with E-state index in [1.165, 1.54) is 0 Å². The van der Waals surface area contributed by atoms with Gasteiger partial charge in [-0.25, -0.2) is 4.98 Å². The van der Waals surface area contributed by atoms with Crippen LogP contribution in [0.1, 0.15) is 19.3 Å². The first kappa shape index (κ1) is 11.3. The molecule has 15 heavy (non-hydrogen) atoms. The summed E-state index contributed by atoms with van der Waals surface area (Å²) in [6.07, 6.45) is 9.67. The van der Waals surface area contributed by atoms with E-state index in [1.54, 1.807) is 19.4 Å². The predicted molar refractivity (Wildman–Crippen MR) is 59.8 cm³/mol. The van der Waals surface area contributed by atoms with E-state index in [-0.39, 0.29) is 0 Å². The standard InChI is InChI=1S/C11H15N3O/c1-3-4-5-6-8-12-11-13-9-7-10(14-11)15-2/h1,7,9H,4-6,8H2,2H3,(H,12,13,14). The molecule has 0 amide bonds. The smallest absolute Gasteiger partial charge is 0.225 e. The lowest BCUT2D eigenvalue weighted by molar-refractivity contribution is 0.397. The second-order valence-electron chi connectivity index (χ2n) is 3.01. The normalized spacial score (nSPS) is 9.33. The lowest BCUT2D eigenvalue weighted by atomic mass is 10.2. The van der Waals surface area contributed by atoms with Crippen LogP contribution < -0.4 is 10.1 Å². The maximum absolute atomic E-state index is 5.15. The summed E-state index contributed by atoms with van der Waals surface area (Å²) in [4.78, 5) is 8.19. The van der Waals surface area contributed by atoms with Gasteiger partial charge in [-0.3, -0.25) is 0 Å². The third-order valence-corrected chi connectivity index (χ3v) is 1.87. The van der Waals surface area contributed by atoms with Crippen LogP contribution in [0, 0.1) is 12.3 Å². The Morgan fingerprint density at radius 1 is 1.53 bits per heavy atom. The van der Waals surface area contributed by atoms with Crippen LogP contribution in [-0.4, -0.2) is 23.6 Å². The molecule has 1 N–H and O–H groups in total. The molecule has 0 unspecified atom stereocenters.